The third-order valence-electron chi connectivity index (χ3n) is 5.95. The molecule has 1 aliphatic heterocycles. The number of aromatic nitrogens is 2. The van der Waals surface area contributed by atoms with Crippen molar-refractivity contribution in [2.45, 2.75) is 32.2 Å². The van der Waals surface area contributed by atoms with Gasteiger partial charge in [-0.2, -0.15) is 0 Å². The predicted molar refractivity (Wildman–Crippen MR) is 124 cm³/mol. The molecule has 0 saturated heterocycles. The Kier molecular flexibility index (Phi) is 4.89. The zero-order valence-corrected chi connectivity index (χ0v) is 18.8. The number of aromatic amines is 1. The van der Waals surface area contributed by atoms with Crippen LogP contribution >= 0.6 is 0 Å². The van der Waals surface area contributed by atoms with Gasteiger partial charge in [0.25, 0.3) is 5.91 Å². The Bertz CT molecular complexity index is 1440. The Balaban J connectivity index is 1.67. The molecule has 4 aromatic rings. The predicted octanol–water partition coefficient (Wildman–Crippen LogP) is 5.38. The zero-order chi connectivity index (χ0) is 24.2. The van der Waals surface area contributed by atoms with E-state index in [1.165, 1.54) is 35.4 Å². The number of imidazole rings is 1. The fourth-order valence-corrected chi connectivity index (χ4v) is 4.16. The number of aliphatic hydroxyl groups is 1. The van der Waals surface area contributed by atoms with E-state index in [-0.39, 0.29) is 22.7 Å². The summed E-state index contributed by atoms with van der Waals surface area (Å²) in [6.45, 7) is 6.25. The summed E-state index contributed by atoms with van der Waals surface area (Å²) in [4.78, 5) is 35.1. The average Bonchev–Trinajstić information content (AvgIpc) is 3.52. The molecule has 2 aromatic heterocycles. The maximum Gasteiger partial charge on any atom is 0.296 e. The van der Waals surface area contributed by atoms with Gasteiger partial charge in [-0.05, 0) is 46.9 Å². The molecule has 1 atom stereocenters. The summed E-state index contributed by atoms with van der Waals surface area (Å²) in [5, 5.41) is 10.8. The lowest BCUT2D eigenvalue weighted by Crippen LogP contribution is -2.32. The second kappa shape index (κ2) is 7.69. The number of nitrogens with zero attached hydrogens (tertiary/aromatic N) is 2. The second-order valence-corrected chi connectivity index (χ2v) is 9.24. The van der Waals surface area contributed by atoms with Crippen molar-refractivity contribution >= 4 is 28.7 Å². The summed E-state index contributed by atoms with van der Waals surface area (Å²) in [7, 11) is 0. The molecule has 3 heterocycles. The van der Waals surface area contributed by atoms with E-state index in [1.54, 1.807) is 6.07 Å². The van der Waals surface area contributed by atoms with Gasteiger partial charge in [0, 0.05) is 0 Å². The van der Waals surface area contributed by atoms with Gasteiger partial charge in [-0.3, -0.25) is 14.5 Å². The highest BCUT2D eigenvalue weighted by Gasteiger charge is 2.46. The largest absolute Gasteiger partial charge is 0.503 e. The molecule has 1 amide bonds. The quantitative estimate of drug-likeness (QED) is 0.400. The van der Waals surface area contributed by atoms with E-state index < -0.39 is 29.3 Å². The van der Waals surface area contributed by atoms with E-state index in [2.05, 4.69) is 30.7 Å². The van der Waals surface area contributed by atoms with Crippen LogP contribution in [0.25, 0.3) is 11.0 Å². The summed E-state index contributed by atoms with van der Waals surface area (Å²) in [6.07, 6.45) is 1.35. The molecule has 0 spiro atoms. The van der Waals surface area contributed by atoms with E-state index in [0.717, 1.165) is 5.56 Å². The molecule has 0 aliphatic carbocycles. The van der Waals surface area contributed by atoms with Crippen molar-refractivity contribution < 1.29 is 23.5 Å². The van der Waals surface area contributed by atoms with Crippen molar-refractivity contribution in [1.29, 1.82) is 0 Å². The Morgan fingerprint density at radius 3 is 2.53 bits per heavy atom. The maximum absolute atomic E-state index is 13.7. The molecule has 2 N–H and O–H groups in total. The number of anilines is 1. The molecule has 5 rings (SSSR count). The smallest absolute Gasteiger partial charge is 0.296 e. The van der Waals surface area contributed by atoms with Crippen LogP contribution < -0.4 is 4.90 Å². The first-order valence-electron chi connectivity index (χ1n) is 10.8. The Hall–Kier alpha value is -4.20. The van der Waals surface area contributed by atoms with Gasteiger partial charge in [-0.25, -0.2) is 9.37 Å². The van der Waals surface area contributed by atoms with Crippen molar-refractivity contribution in [3.05, 3.63) is 94.9 Å². The molecular weight excluding hydrogens is 437 g/mol. The molecule has 1 unspecified atom stereocenters. The fraction of sp³-hybridized carbons (Fsp3) is 0.192. The monoisotopic (exact) mass is 459 g/mol. The van der Waals surface area contributed by atoms with Gasteiger partial charge < -0.3 is 14.5 Å². The highest BCUT2D eigenvalue weighted by molar-refractivity contribution is 6.19. The molecule has 8 heteroatoms. The van der Waals surface area contributed by atoms with Crippen molar-refractivity contribution in [3.8, 4) is 0 Å². The summed E-state index contributed by atoms with van der Waals surface area (Å²) >= 11 is 0. The number of hydrogen-bond acceptors (Lipinski definition) is 5. The van der Waals surface area contributed by atoms with Crippen LogP contribution in [0.15, 0.2) is 76.6 Å². The molecular formula is C26H22FN3O4. The van der Waals surface area contributed by atoms with Crippen LogP contribution in [0.3, 0.4) is 0 Å². The Labute approximate surface area is 194 Å². The van der Waals surface area contributed by atoms with Crippen LogP contribution in [0.4, 0.5) is 10.3 Å². The van der Waals surface area contributed by atoms with Gasteiger partial charge in [-0.1, -0.05) is 45.0 Å². The van der Waals surface area contributed by atoms with Crippen LogP contribution in [0.2, 0.25) is 0 Å². The highest BCUT2D eigenvalue weighted by Crippen LogP contribution is 2.42. The molecule has 1 aliphatic rings. The summed E-state index contributed by atoms with van der Waals surface area (Å²) < 4.78 is 19.0. The molecule has 0 bridgehead atoms. The lowest BCUT2D eigenvalue weighted by molar-refractivity contribution is -0.117. The Morgan fingerprint density at radius 1 is 1.15 bits per heavy atom. The number of amides is 1. The van der Waals surface area contributed by atoms with E-state index >= 15 is 0 Å². The number of benzene rings is 2. The van der Waals surface area contributed by atoms with Gasteiger partial charge in [0.2, 0.25) is 11.7 Å². The summed E-state index contributed by atoms with van der Waals surface area (Å²) in [5.41, 5.74) is 2.28. The first kappa shape index (κ1) is 21.6. The summed E-state index contributed by atoms with van der Waals surface area (Å²) in [5.74, 6) is -2.45. The number of aliphatic hydroxyl groups excluding tert-OH is 1. The van der Waals surface area contributed by atoms with Crippen molar-refractivity contribution in [2.24, 2.45) is 0 Å². The molecule has 2 aromatic carbocycles. The normalized spacial score (nSPS) is 16.6. The zero-order valence-electron chi connectivity index (χ0n) is 18.8. The van der Waals surface area contributed by atoms with Crippen LogP contribution in [-0.2, 0) is 10.2 Å². The van der Waals surface area contributed by atoms with Gasteiger partial charge in [0.15, 0.2) is 11.5 Å². The second-order valence-electron chi connectivity index (χ2n) is 9.24. The number of furan rings is 1. The van der Waals surface area contributed by atoms with E-state index in [4.69, 9.17) is 4.42 Å². The molecule has 7 nitrogen and oxygen atoms in total. The number of nitrogens with one attached hydrogen (secondary N) is 1. The minimum Gasteiger partial charge on any atom is -0.503 e. The minimum absolute atomic E-state index is 0.000751. The Morgan fingerprint density at radius 2 is 1.88 bits per heavy atom. The number of carbonyl (C=O) groups is 2. The van der Waals surface area contributed by atoms with Crippen LogP contribution in [0.5, 0.6) is 0 Å². The fourth-order valence-electron chi connectivity index (χ4n) is 4.16. The first-order valence-corrected chi connectivity index (χ1v) is 10.8. The molecule has 0 radical (unpaired) electrons. The number of halogens is 1. The SMILES string of the molecule is CC(C)(C)c1ccc(C2C(C(=O)c3ccco3)=C(O)C(=O)N2c2nc3ccc(F)cc3[nH]2)cc1. The van der Waals surface area contributed by atoms with Crippen LogP contribution in [-0.4, -0.2) is 26.8 Å². The van der Waals surface area contributed by atoms with E-state index in [9.17, 15) is 19.1 Å². The molecule has 34 heavy (non-hydrogen) atoms. The third kappa shape index (κ3) is 3.48. The topological polar surface area (TPSA) is 99.4 Å². The lowest BCUT2D eigenvalue weighted by atomic mass is 9.85. The van der Waals surface area contributed by atoms with Crippen LogP contribution in [0, 0.1) is 5.82 Å². The average molecular weight is 459 g/mol. The van der Waals surface area contributed by atoms with Gasteiger partial charge in [0.1, 0.15) is 5.82 Å². The number of H-pyrrole nitrogens is 1. The highest BCUT2D eigenvalue weighted by atomic mass is 19.1. The van der Waals surface area contributed by atoms with Gasteiger partial charge >= 0.3 is 0 Å². The molecule has 0 fully saturated rings. The van der Waals surface area contributed by atoms with Crippen molar-refractivity contribution in [1.82, 2.24) is 9.97 Å². The first-order chi connectivity index (χ1) is 16.1. The molecule has 172 valence electrons. The molecule has 0 saturated carbocycles. The minimum atomic E-state index is -0.968. The third-order valence-corrected chi connectivity index (χ3v) is 5.95. The van der Waals surface area contributed by atoms with Gasteiger partial charge in [-0.15, -0.1) is 0 Å². The number of Topliss-reactive ketones (excluding diaryl/α,β-unsaturated/α-hetero) is 1. The standard InChI is InChI=1S/C26H22FN3O4/c1-26(2,3)15-8-6-14(7-9-15)21-20(22(31)19-5-4-12-34-19)23(32)24(33)30(21)25-28-17-11-10-16(27)13-18(17)29-25/h4-13,21,32H,1-3H3,(H,28,29). The van der Waals surface area contributed by atoms with E-state index in [0.29, 0.717) is 16.6 Å². The maximum atomic E-state index is 13.7. The van der Waals surface area contributed by atoms with Gasteiger partial charge in [0.05, 0.1) is 28.9 Å². The lowest BCUT2D eigenvalue weighted by Gasteiger charge is -2.25. The number of fused-ring (bicyclic) bond motifs is 1. The number of hydrogen-bond donors (Lipinski definition) is 2. The number of carbonyl (C=O) groups excluding carboxylic acids is 2. The van der Waals surface area contributed by atoms with Crippen molar-refractivity contribution in [3.63, 3.8) is 0 Å². The number of rotatable bonds is 4. The number of ketones is 1. The van der Waals surface area contributed by atoms with Crippen LogP contribution in [0.1, 0.15) is 48.5 Å². The van der Waals surface area contributed by atoms with Crippen molar-refractivity contribution in [2.75, 3.05) is 4.90 Å². The summed E-state index contributed by atoms with van der Waals surface area (Å²) in [6, 6.07) is 13.6. The van der Waals surface area contributed by atoms with E-state index in [1.807, 2.05) is 24.3 Å².